The molecule has 0 unspecified atom stereocenters. The van der Waals surface area contributed by atoms with Crippen molar-refractivity contribution in [2.75, 3.05) is 26.8 Å². The fourth-order valence-electron chi connectivity index (χ4n) is 1.89. The largest absolute Gasteiger partial charge is 0.383 e. The van der Waals surface area contributed by atoms with Crippen molar-refractivity contribution in [3.63, 3.8) is 0 Å². The number of amides is 1. The first-order chi connectivity index (χ1) is 10.3. The molecule has 1 aromatic rings. The Labute approximate surface area is 130 Å². The molecule has 1 atom stereocenters. The third-order valence-corrected chi connectivity index (χ3v) is 4.88. The summed E-state index contributed by atoms with van der Waals surface area (Å²) >= 11 is 0. The van der Waals surface area contributed by atoms with Gasteiger partial charge in [0.2, 0.25) is 15.9 Å². The number of halogens is 1. The van der Waals surface area contributed by atoms with Crippen LogP contribution in [0.1, 0.15) is 13.8 Å². The zero-order valence-corrected chi connectivity index (χ0v) is 13.7. The maximum atomic E-state index is 12.9. The number of carbonyl (C=O) groups is 1. The monoisotopic (exact) mass is 332 g/mol. The van der Waals surface area contributed by atoms with Gasteiger partial charge in [-0.05, 0) is 31.2 Å². The van der Waals surface area contributed by atoms with Crippen molar-refractivity contribution in [1.29, 1.82) is 0 Å². The topological polar surface area (TPSA) is 75.7 Å². The molecule has 0 aliphatic carbocycles. The number of hydrogen-bond acceptors (Lipinski definition) is 4. The first-order valence-electron chi connectivity index (χ1n) is 6.85. The molecular weight excluding hydrogens is 311 g/mol. The molecule has 0 bridgehead atoms. The quantitative estimate of drug-likeness (QED) is 0.770. The summed E-state index contributed by atoms with van der Waals surface area (Å²) in [5.74, 6) is -0.940. The Hall–Kier alpha value is -1.51. The average molecular weight is 332 g/mol. The zero-order valence-electron chi connectivity index (χ0n) is 12.9. The highest BCUT2D eigenvalue weighted by atomic mass is 32.2. The van der Waals surface area contributed by atoms with Gasteiger partial charge in [-0.1, -0.05) is 6.92 Å². The Morgan fingerprint density at radius 3 is 2.45 bits per heavy atom. The van der Waals surface area contributed by atoms with E-state index in [1.165, 1.54) is 19.2 Å². The van der Waals surface area contributed by atoms with Crippen LogP contribution in [-0.2, 0) is 19.6 Å². The lowest BCUT2D eigenvalue weighted by molar-refractivity contribution is -0.122. The van der Waals surface area contributed by atoms with E-state index in [1.54, 1.807) is 13.8 Å². The van der Waals surface area contributed by atoms with Crippen molar-refractivity contribution in [3.05, 3.63) is 30.1 Å². The van der Waals surface area contributed by atoms with Gasteiger partial charge in [0.05, 0.1) is 18.0 Å². The molecule has 8 heteroatoms. The normalized spacial score (nSPS) is 13.1. The summed E-state index contributed by atoms with van der Waals surface area (Å²) in [5, 5.41) is 2.65. The van der Waals surface area contributed by atoms with Crippen molar-refractivity contribution in [2.24, 2.45) is 0 Å². The smallest absolute Gasteiger partial charge is 0.243 e. The zero-order chi connectivity index (χ0) is 16.8. The summed E-state index contributed by atoms with van der Waals surface area (Å²) in [6.07, 6.45) is 0. The van der Waals surface area contributed by atoms with Gasteiger partial charge in [0.15, 0.2) is 0 Å². The minimum Gasteiger partial charge on any atom is -0.383 e. The van der Waals surface area contributed by atoms with Crippen LogP contribution in [0.25, 0.3) is 0 Å². The van der Waals surface area contributed by atoms with E-state index in [0.717, 1.165) is 16.4 Å². The predicted molar refractivity (Wildman–Crippen MR) is 80.3 cm³/mol. The molecule has 0 fully saturated rings. The van der Waals surface area contributed by atoms with E-state index >= 15 is 0 Å². The molecule has 1 amide bonds. The van der Waals surface area contributed by atoms with Gasteiger partial charge in [0.1, 0.15) is 5.82 Å². The van der Waals surface area contributed by atoms with E-state index < -0.39 is 21.7 Å². The lowest BCUT2D eigenvalue weighted by Gasteiger charge is -2.21. The van der Waals surface area contributed by atoms with Crippen LogP contribution in [0.15, 0.2) is 29.2 Å². The van der Waals surface area contributed by atoms with E-state index in [4.69, 9.17) is 4.74 Å². The first kappa shape index (κ1) is 18.5. The average Bonchev–Trinajstić information content (AvgIpc) is 2.45. The Balaban J connectivity index is 2.82. The molecule has 1 N–H and O–H groups in total. The highest BCUT2D eigenvalue weighted by molar-refractivity contribution is 7.89. The van der Waals surface area contributed by atoms with Crippen molar-refractivity contribution >= 4 is 15.9 Å². The summed E-state index contributed by atoms with van der Waals surface area (Å²) in [5.41, 5.74) is 0. The predicted octanol–water partition coefficient (Wildman–Crippen LogP) is 0.987. The van der Waals surface area contributed by atoms with Gasteiger partial charge in [0, 0.05) is 19.7 Å². The maximum Gasteiger partial charge on any atom is 0.243 e. The molecule has 0 aliphatic rings. The minimum absolute atomic E-state index is 0.0477. The minimum atomic E-state index is -3.84. The van der Waals surface area contributed by atoms with E-state index in [1.807, 2.05) is 0 Å². The number of rotatable bonds is 8. The Morgan fingerprint density at radius 2 is 1.95 bits per heavy atom. The van der Waals surface area contributed by atoms with Gasteiger partial charge >= 0.3 is 0 Å². The molecule has 6 nitrogen and oxygen atoms in total. The fourth-order valence-corrected chi connectivity index (χ4v) is 3.30. The molecule has 1 aromatic carbocycles. The first-order valence-corrected chi connectivity index (χ1v) is 8.29. The third kappa shape index (κ3) is 5.04. The van der Waals surface area contributed by atoms with Crippen LogP contribution in [0.3, 0.4) is 0 Å². The number of sulfonamides is 1. The molecule has 22 heavy (non-hydrogen) atoms. The van der Waals surface area contributed by atoms with Crippen LogP contribution in [0.4, 0.5) is 4.39 Å². The number of benzene rings is 1. The van der Waals surface area contributed by atoms with Crippen LogP contribution >= 0.6 is 0 Å². The number of carbonyl (C=O) groups excluding carboxylic acids is 1. The molecule has 0 aromatic heterocycles. The number of nitrogens with zero attached hydrogens (tertiary/aromatic N) is 1. The van der Waals surface area contributed by atoms with Crippen molar-refractivity contribution in [2.45, 2.75) is 24.8 Å². The molecule has 0 spiro atoms. The van der Waals surface area contributed by atoms with Crippen molar-refractivity contribution < 1.29 is 22.3 Å². The molecule has 0 heterocycles. The maximum absolute atomic E-state index is 12.9. The molecule has 0 aliphatic heterocycles. The van der Waals surface area contributed by atoms with Gasteiger partial charge in [-0.3, -0.25) is 4.79 Å². The SMILES string of the molecule is CCN(CC(=O)N[C@H](C)COC)S(=O)(=O)c1ccc(F)cc1. The van der Waals surface area contributed by atoms with Crippen LogP contribution in [0, 0.1) is 5.82 Å². The van der Waals surface area contributed by atoms with E-state index in [9.17, 15) is 17.6 Å². The number of nitrogens with one attached hydrogen (secondary N) is 1. The lowest BCUT2D eigenvalue weighted by atomic mass is 10.3. The van der Waals surface area contributed by atoms with Crippen LogP contribution in [0.2, 0.25) is 0 Å². The lowest BCUT2D eigenvalue weighted by Crippen LogP contribution is -2.44. The summed E-state index contributed by atoms with van der Waals surface area (Å²) < 4.78 is 43.7. The second-order valence-corrected chi connectivity index (χ2v) is 6.75. The Kier molecular flexibility index (Phi) is 6.92. The van der Waals surface area contributed by atoms with Crippen LogP contribution in [-0.4, -0.2) is 51.5 Å². The second kappa shape index (κ2) is 8.21. The Bertz CT molecular complexity index is 589. The molecule has 0 radical (unpaired) electrons. The number of likely N-dealkylation sites (N-methyl/N-ethyl adjacent to an activating group) is 1. The number of hydrogen-bond donors (Lipinski definition) is 1. The molecule has 124 valence electrons. The summed E-state index contributed by atoms with van der Waals surface area (Å²) in [6, 6.07) is 4.28. The number of ether oxygens (including phenoxy) is 1. The van der Waals surface area contributed by atoms with Crippen LogP contribution in [0.5, 0.6) is 0 Å². The third-order valence-electron chi connectivity index (χ3n) is 2.95. The molecular formula is C14H21FN2O4S. The molecule has 0 saturated heterocycles. The molecule has 1 rings (SSSR count). The molecule has 0 saturated carbocycles. The number of methoxy groups -OCH3 is 1. The van der Waals surface area contributed by atoms with E-state index in [-0.39, 0.29) is 24.0 Å². The summed E-state index contributed by atoms with van der Waals surface area (Å²) in [4.78, 5) is 11.8. The van der Waals surface area contributed by atoms with E-state index in [0.29, 0.717) is 6.61 Å². The second-order valence-electron chi connectivity index (χ2n) is 4.81. The summed E-state index contributed by atoms with van der Waals surface area (Å²) in [7, 11) is -2.32. The highest BCUT2D eigenvalue weighted by Crippen LogP contribution is 2.15. The van der Waals surface area contributed by atoms with Gasteiger partial charge in [-0.15, -0.1) is 0 Å². The standard InChI is InChI=1S/C14H21FN2O4S/c1-4-17(9-14(18)16-11(2)10-21-3)22(19,20)13-7-5-12(15)6-8-13/h5-8,11H,4,9-10H2,1-3H3,(H,16,18)/t11-/m1/s1. The Morgan fingerprint density at radius 1 is 1.36 bits per heavy atom. The highest BCUT2D eigenvalue weighted by Gasteiger charge is 2.25. The van der Waals surface area contributed by atoms with Crippen molar-refractivity contribution in [3.8, 4) is 0 Å². The van der Waals surface area contributed by atoms with Crippen LogP contribution < -0.4 is 5.32 Å². The van der Waals surface area contributed by atoms with E-state index in [2.05, 4.69) is 5.32 Å². The van der Waals surface area contributed by atoms with Crippen molar-refractivity contribution in [1.82, 2.24) is 9.62 Å². The van der Waals surface area contributed by atoms with Gasteiger partial charge in [-0.25, -0.2) is 12.8 Å². The van der Waals surface area contributed by atoms with Gasteiger partial charge in [-0.2, -0.15) is 4.31 Å². The summed E-state index contributed by atoms with van der Waals surface area (Å²) in [6.45, 7) is 3.55. The van der Waals surface area contributed by atoms with Gasteiger partial charge < -0.3 is 10.1 Å². The van der Waals surface area contributed by atoms with Gasteiger partial charge in [0.25, 0.3) is 0 Å². The fraction of sp³-hybridized carbons (Fsp3) is 0.500.